The van der Waals surface area contributed by atoms with Crippen LogP contribution in [-0.2, 0) is 6.54 Å². The molecule has 1 aliphatic rings. The van der Waals surface area contributed by atoms with Crippen LogP contribution in [0.25, 0.3) is 0 Å². The highest BCUT2D eigenvalue weighted by Crippen LogP contribution is 2.22. The third-order valence-electron chi connectivity index (χ3n) is 3.05. The topological polar surface area (TPSA) is 20.3 Å². The van der Waals surface area contributed by atoms with E-state index >= 15 is 0 Å². The van der Waals surface area contributed by atoms with Crippen molar-refractivity contribution in [1.82, 2.24) is 4.90 Å². The van der Waals surface area contributed by atoms with Crippen molar-refractivity contribution in [3.05, 3.63) is 33.8 Å². The molecule has 0 saturated carbocycles. The Morgan fingerprint density at radius 3 is 2.62 bits per heavy atom. The van der Waals surface area contributed by atoms with Crippen LogP contribution in [0.2, 0.25) is 0 Å². The maximum absolute atomic E-state index is 11.2. The Hall–Kier alpha value is -0.670. The van der Waals surface area contributed by atoms with E-state index in [1.54, 1.807) is 6.92 Å². The lowest BCUT2D eigenvalue weighted by atomic mass is 10.1. The fraction of sp³-hybridized carbons (Fsp3) is 0.462. The van der Waals surface area contributed by atoms with Gasteiger partial charge in [-0.25, -0.2) is 0 Å². The molecule has 0 aromatic heterocycles. The third-order valence-corrected chi connectivity index (χ3v) is 3.79. The Bertz CT molecular complexity index is 397. The largest absolute Gasteiger partial charge is 0.299 e. The number of rotatable bonds is 3. The summed E-state index contributed by atoms with van der Waals surface area (Å²) in [6.45, 7) is 4.97. The van der Waals surface area contributed by atoms with E-state index in [4.69, 9.17) is 0 Å². The van der Waals surface area contributed by atoms with Crippen molar-refractivity contribution in [2.75, 3.05) is 13.1 Å². The van der Waals surface area contributed by atoms with Gasteiger partial charge in [-0.1, -0.05) is 28.1 Å². The van der Waals surface area contributed by atoms with Gasteiger partial charge in [-0.15, -0.1) is 0 Å². The minimum atomic E-state index is 0.119. The second kappa shape index (κ2) is 5.11. The zero-order valence-electron chi connectivity index (χ0n) is 9.50. The predicted octanol–water partition coefficient (Wildman–Crippen LogP) is 3.25. The Labute approximate surface area is 105 Å². The molecule has 0 radical (unpaired) electrons. The zero-order valence-corrected chi connectivity index (χ0v) is 11.1. The number of benzene rings is 1. The number of hydrogen-bond acceptors (Lipinski definition) is 2. The lowest BCUT2D eigenvalue weighted by molar-refractivity contribution is 0.101. The Balaban J connectivity index is 2.12. The average Bonchev–Trinajstić information content (AvgIpc) is 2.73. The van der Waals surface area contributed by atoms with Crippen molar-refractivity contribution in [3.8, 4) is 0 Å². The quantitative estimate of drug-likeness (QED) is 0.793. The van der Waals surface area contributed by atoms with E-state index in [0.717, 1.165) is 16.6 Å². The maximum Gasteiger partial charge on any atom is 0.159 e. The number of likely N-dealkylation sites (tertiary alicyclic amines) is 1. The summed E-state index contributed by atoms with van der Waals surface area (Å²) in [6.07, 6.45) is 2.62. The monoisotopic (exact) mass is 281 g/mol. The van der Waals surface area contributed by atoms with Crippen LogP contribution < -0.4 is 0 Å². The van der Waals surface area contributed by atoms with Crippen LogP contribution in [0.1, 0.15) is 35.7 Å². The molecular weight excluding hydrogens is 266 g/mol. The molecule has 86 valence electrons. The minimum absolute atomic E-state index is 0.119. The number of Topliss-reactive ketones (excluding diaryl/α,β-unsaturated/α-hetero) is 1. The van der Waals surface area contributed by atoms with E-state index < -0.39 is 0 Å². The predicted molar refractivity (Wildman–Crippen MR) is 68.7 cm³/mol. The van der Waals surface area contributed by atoms with Crippen LogP contribution in [0.4, 0.5) is 0 Å². The summed E-state index contributed by atoms with van der Waals surface area (Å²) in [5, 5.41) is 0. The van der Waals surface area contributed by atoms with Crippen molar-refractivity contribution >= 4 is 21.7 Å². The number of ketones is 1. The lowest BCUT2D eigenvalue weighted by Crippen LogP contribution is -2.18. The van der Waals surface area contributed by atoms with Crippen LogP contribution in [0.3, 0.4) is 0 Å². The summed E-state index contributed by atoms with van der Waals surface area (Å²) in [7, 11) is 0. The first kappa shape index (κ1) is 11.8. The molecule has 0 spiro atoms. The first-order valence-electron chi connectivity index (χ1n) is 5.68. The summed E-state index contributed by atoms with van der Waals surface area (Å²) in [6, 6.07) is 5.89. The van der Waals surface area contributed by atoms with E-state index in [-0.39, 0.29) is 5.78 Å². The molecular formula is C13H16BrNO. The first-order valence-corrected chi connectivity index (χ1v) is 6.48. The molecule has 1 saturated heterocycles. The van der Waals surface area contributed by atoms with E-state index in [1.807, 2.05) is 12.1 Å². The van der Waals surface area contributed by atoms with Crippen molar-refractivity contribution < 1.29 is 4.79 Å². The number of hydrogen-bond donors (Lipinski definition) is 0. The molecule has 3 heteroatoms. The second-order valence-electron chi connectivity index (χ2n) is 4.35. The molecule has 1 aliphatic heterocycles. The molecule has 0 amide bonds. The summed E-state index contributed by atoms with van der Waals surface area (Å²) in [5.74, 6) is 0.119. The van der Waals surface area contributed by atoms with Crippen molar-refractivity contribution in [3.63, 3.8) is 0 Å². The maximum atomic E-state index is 11.2. The van der Waals surface area contributed by atoms with Gasteiger partial charge in [0.25, 0.3) is 0 Å². The normalized spacial score (nSPS) is 16.6. The SMILES string of the molecule is CC(=O)c1ccc(CN2CCCC2)c(Br)c1. The smallest absolute Gasteiger partial charge is 0.159 e. The molecule has 1 aromatic carbocycles. The minimum Gasteiger partial charge on any atom is -0.299 e. The van der Waals surface area contributed by atoms with Gasteiger partial charge in [0.1, 0.15) is 0 Å². The van der Waals surface area contributed by atoms with Crippen LogP contribution in [-0.4, -0.2) is 23.8 Å². The van der Waals surface area contributed by atoms with E-state index in [0.29, 0.717) is 0 Å². The zero-order chi connectivity index (χ0) is 11.5. The van der Waals surface area contributed by atoms with E-state index in [2.05, 4.69) is 26.9 Å². The lowest BCUT2D eigenvalue weighted by Gasteiger charge is -2.15. The summed E-state index contributed by atoms with van der Waals surface area (Å²) < 4.78 is 1.05. The van der Waals surface area contributed by atoms with Gasteiger partial charge < -0.3 is 0 Å². The third kappa shape index (κ3) is 2.71. The van der Waals surface area contributed by atoms with Gasteiger partial charge in [0.15, 0.2) is 5.78 Å². The summed E-state index contributed by atoms with van der Waals surface area (Å²) >= 11 is 3.54. The van der Waals surface area contributed by atoms with Gasteiger partial charge in [0.05, 0.1) is 0 Å². The molecule has 0 bridgehead atoms. The molecule has 1 aromatic rings. The Morgan fingerprint density at radius 2 is 2.06 bits per heavy atom. The standard InChI is InChI=1S/C13H16BrNO/c1-10(16)11-4-5-12(13(14)8-11)9-15-6-2-3-7-15/h4-5,8H,2-3,6-7,9H2,1H3. The van der Waals surface area contributed by atoms with Gasteiger partial charge >= 0.3 is 0 Å². The van der Waals surface area contributed by atoms with Gasteiger partial charge in [-0.3, -0.25) is 9.69 Å². The highest BCUT2D eigenvalue weighted by atomic mass is 79.9. The number of carbonyl (C=O) groups excluding carboxylic acids is 1. The number of halogens is 1. The highest BCUT2D eigenvalue weighted by Gasteiger charge is 2.13. The van der Waals surface area contributed by atoms with Gasteiger partial charge in [0, 0.05) is 16.6 Å². The van der Waals surface area contributed by atoms with Crippen LogP contribution >= 0.6 is 15.9 Å². The van der Waals surface area contributed by atoms with Crippen LogP contribution in [0, 0.1) is 0 Å². The number of carbonyl (C=O) groups is 1. The average molecular weight is 282 g/mol. The molecule has 1 fully saturated rings. The van der Waals surface area contributed by atoms with E-state index in [9.17, 15) is 4.79 Å². The van der Waals surface area contributed by atoms with E-state index in [1.165, 1.54) is 31.5 Å². The van der Waals surface area contributed by atoms with Crippen LogP contribution in [0.15, 0.2) is 22.7 Å². The molecule has 0 N–H and O–H groups in total. The molecule has 16 heavy (non-hydrogen) atoms. The molecule has 0 aliphatic carbocycles. The van der Waals surface area contributed by atoms with Crippen molar-refractivity contribution in [2.24, 2.45) is 0 Å². The Kier molecular flexibility index (Phi) is 3.77. The first-order chi connectivity index (χ1) is 7.66. The summed E-state index contributed by atoms with van der Waals surface area (Å²) in [4.78, 5) is 13.7. The molecule has 0 unspecified atom stereocenters. The molecule has 1 heterocycles. The van der Waals surface area contributed by atoms with Gasteiger partial charge in [-0.2, -0.15) is 0 Å². The highest BCUT2D eigenvalue weighted by molar-refractivity contribution is 9.10. The fourth-order valence-corrected chi connectivity index (χ4v) is 2.58. The number of nitrogens with zero attached hydrogens (tertiary/aromatic N) is 1. The fourth-order valence-electron chi connectivity index (χ4n) is 2.08. The Morgan fingerprint density at radius 1 is 1.38 bits per heavy atom. The second-order valence-corrected chi connectivity index (χ2v) is 5.20. The molecule has 0 atom stereocenters. The molecule has 2 rings (SSSR count). The van der Waals surface area contributed by atoms with Crippen molar-refractivity contribution in [1.29, 1.82) is 0 Å². The molecule has 2 nitrogen and oxygen atoms in total. The van der Waals surface area contributed by atoms with Crippen LogP contribution in [0.5, 0.6) is 0 Å². The van der Waals surface area contributed by atoms with Crippen molar-refractivity contribution in [2.45, 2.75) is 26.3 Å². The summed E-state index contributed by atoms with van der Waals surface area (Å²) in [5.41, 5.74) is 2.05. The van der Waals surface area contributed by atoms with Gasteiger partial charge in [-0.05, 0) is 44.5 Å². The van der Waals surface area contributed by atoms with Gasteiger partial charge in [0.2, 0.25) is 0 Å².